The zero-order valence-electron chi connectivity index (χ0n) is 16.4. The predicted molar refractivity (Wildman–Crippen MR) is 103 cm³/mol. The molecular formula is C19H26N8O. The molecule has 0 spiro atoms. The van der Waals surface area contributed by atoms with Gasteiger partial charge in [-0.15, -0.1) is 10.2 Å². The second-order valence-corrected chi connectivity index (χ2v) is 7.05. The molecule has 4 rings (SSSR count). The summed E-state index contributed by atoms with van der Waals surface area (Å²) in [5, 5.41) is 13.1. The zero-order valence-corrected chi connectivity index (χ0v) is 16.4. The fraction of sp³-hybridized carbons (Fsp3) is 0.526. The van der Waals surface area contributed by atoms with Crippen molar-refractivity contribution in [3.05, 3.63) is 48.3 Å². The fourth-order valence-corrected chi connectivity index (χ4v) is 3.93. The Bertz CT molecular complexity index is 918. The van der Waals surface area contributed by atoms with Gasteiger partial charge >= 0.3 is 0 Å². The lowest BCUT2D eigenvalue weighted by molar-refractivity contribution is 0.0697. The second kappa shape index (κ2) is 7.95. The minimum Gasteiger partial charge on any atom is -0.337 e. The Morgan fingerprint density at radius 3 is 2.64 bits per heavy atom. The molecular weight excluding hydrogens is 356 g/mol. The predicted octanol–water partition coefficient (Wildman–Crippen LogP) is 1.78. The van der Waals surface area contributed by atoms with E-state index in [4.69, 9.17) is 0 Å². The highest BCUT2D eigenvalue weighted by atomic mass is 16.2. The average Bonchev–Trinajstić information content (AvgIpc) is 3.48. The van der Waals surface area contributed by atoms with E-state index in [-0.39, 0.29) is 5.91 Å². The van der Waals surface area contributed by atoms with Crippen LogP contribution in [0, 0.1) is 0 Å². The van der Waals surface area contributed by atoms with Gasteiger partial charge in [0, 0.05) is 50.7 Å². The van der Waals surface area contributed by atoms with Crippen LogP contribution < -0.4 is 0 Å². The van der Waals surface area contributed by atoms with Gasteiger partial charge in [-0.1, -0.05) is 0 Å². The number of carbonyl (C=O) groups excluding carboxylic acids is 1. The molecule has 4 heterocycles. The van der Waals surface area contributed by atoms with Gasteiger partial charge in [0.25, 0.3) is 5.91 Å². The number of imidazole rings is 1. The molecule has 0 N–H and O–H groups in total. The summed E-state index contributed by atoms with van der Waals surface area (Å²) in [4.78, 5) is 18.8. The highest BCUT2D eigenvalue weighted by molar-refractivity contribution is 5.92. The van der Waals surface area contributed by atoms with Gasteiger partial charge in [-0.05, 0) is 32.8 Å². The van der Waals surface area contributed by atoms with Gasteiger partial charge in [-0.25, -0.2) is 4.98 Å². The van der Waals surface area contributed by atoms with Crippen LogP contribution in [0.4, 0.5) is 0 Å². The van der Waals surface area contributed by atoms with Crippen molar-refractivity contribution in [2.24, 2.45) is 0 Å². The molecule has 0 unspecified atom stereocenters. The van der Waals surface area contributed by atoms with Crippen LogP contribution >= 0.6 is 0 Å². The maximum atomic E-state index is 12.8. The van der Waals surface area contributed by atoms with Gasteiger partial charge in [0.15, 0.2) is 5.82 Å². The first-order valence-electron chi connectivity index (χ1n) is 9.90. The van der Waals surface area contributed by atoms with Gasteiger partial charge in [-0.3, -0.25) is 9.48 Å². The molecule has 0 aliphatic carbocycles. The van der Waals surface area contributed by atoms with Crippen LogP contribution in [0.1, 0.15) is 54.7 Å². The number of aryl methyl sites for hydroxylation is 1. The van der Waals surface area contributed by atoms with Crippen molar-refractivity contribution in [3.8, 4) is 0 Å². The van der Waals surface area contributed by atoms with Gasteiger partial charge in [0.05, 0.1) is 12.9 Å². The molecule has 0 radical (unpaired) electrons. The van der Waals surface area contributed by atoms with Crippen molar-refractivity contribution in [3.63, 3.8) is 0 Å². The highest BCUT2D eigenvalue weighted by Crippen LogP contribution is 2.28. The van der Waals surface area contributed by atoms with Gasteiger partial charge < -0.3 is 14.0 Å². The van der Waals surface area contributed by atoms with Crippen molar-refractivity contribution in [2.45, 2.75) is 52.2 Å². The van der Waals surface area contributed by atoms with Crippen LogP contribution in [0.5, 0.6) is 0 Å². The molecule has 9 heteroatoms. The molecule has 1 saturated heterocycles. The average molecular weight is 382 g/mol. The van der Waals surface area contributed by atoms with Gasteiger partial charge in [-0.2, -0.15) is 5.10 Å². The van der Waals surface area contributed by atoms with E-state index in [9.17, 15) is 4.79 Å². The van der Waals surface area contributed by atoms with Crippen molar-refractivity contribution >= 4 is 5.91 Å². The van der Waals surface area contributed by atoms with Crippen LogP contribution in [0.2, 0.25) is 0 Å². The lowest BCUT2D eigenvalue weighted by Gasteiger charge is -2.31. The maximum absolute atomic E-state index is 12.8. The summed E-state index contributed by atoms with van der Waals surface area (Å²) in [5.41, 5.74) is 0.667. The normalized spacial score (nSPS) is 15.3. The number of hydrogen-bond donors (Lipinski definition) is 0. The monoisotopic (exact) mass is 382 g/mol. The summed E-state index contributed by atoms with van der Waals surface area (Å²) in [6.07, 6.45) is 8.98. The lowest BCUT2D eigenvalue weighted by atomic mass is 9.95. The molecule has 0 atom stereocenters. The van der Waals surface area contributed by atoms with E-state index < -0.39 is 0 Å². The SMILES string of the molecule is CCn1nccc1C(=O)N1CCC(c2nnc(Cn3ccnc3)n2CC)CC1. The molecule has 0 aromatic carbocycles. The van der Waals surface area contributed by atoms with E-state index >= 15 is 0 Å². The van der Waals surface area contributed by atoms with Crippen molar-refractivity contribution in [2.75, 3.05) is 13.1 Å². The summed E-state index contributed by atoms with van der Waals surface area (Å²) in [6.45, 7) is 7.77. The van der Waals surface area contributed by atoms with Crippen LogP contribution in [0.15, 0.2) is 31.0 Å². The molecule has 148 valence electrons. The Hall–Kier alpha value is -2.97. The number of likely N-dealkylation sites (tertiary alicyclic amines) is 1. The molecule has 1 amide bonds. The van der Waals surface area contributed by atoms with Crippen LogP contribution in [0.25, 0.3) is 0 Å². The van der Waals surface area contributed by atoms with E-state index in [2.05, 4.69) is 31.8 Å². The van der Waals surface area contributed by atoms with E-state index in [1.54, 1.807) is 29.5 Å². The zero-order chi connectivity index (χ0) is 19.5. The lowest BCUT2D eigenvalue weighted by Crippen LogP contribution is -2.39. The van der Waals surface area contributed by atoms with Crippen molar-refractivity contribution in [1.29, 1.82) is 0 Å². The van der Waals surface area contributed by atoms with Gasteiger partial charge in [0.1, 0.15) is 11.5 Å². The molecule has 3 aromatic heterocycles. The summed E-state index contributed by atoms with van der Waals surface area (Å²) in [6, 6.07) is 1.80. The molecule has 28 heavy (non-hydrogen) atoms. The summed E-state index contributed by atoms with van der Waals surface area (Å²) in [7, 11) is 0. The fourth-order valence-electron chi connectivity index (χ4n) is 3.93. The minimum absolute atomic E-state index is 0.0653. The molecule has 9 nitrogen and oxygen atoms in total. The summed E-state index contributed by atoms with van der Waals surface area (Å²) in [5.74, 6) is 2.36. The maximum Gasteiger partial charge on any atom is 0.272 e. The number of aromatic nitrogens is 7. The first-order chi connectivity index (χ1) is 13.7. The van der Waals surface area contributed by atoms with E-state index in [0.29, 0.717) is 24.7 Å². The molecule has 0 saturated carbocycles. The topological polar surface area (TPSA) is 86.7 Å². The number of piperidine rings is 1. The van der Waals surface area contributed by atoms with E-state index in [0.717, 1.165) is 44.1 Å². The standard InChI is InChI=1S/C19H26N8O/c1-3-26-17(13-24-12-9-20-14-24)22-23-18(26)15-6-10-25(11-7-15)19(28)16-5-8-21-27(16)4-2/h5,8-9,12,14-15H,3-4,6-7,10-11,13H2,1-2H3. The third-order valence-corrected chi connectivity index (χ3v) is 5.44. The Kier molecular flexibility index (Phi) is 5.23. The highest BCUT2D eigenvalue weighted by Gasteiger charge is 2.29. The number of hydrogen-bond acceptors (Lipinski definition) is 5. The minimum atomic E-state index is 0.0653. The molecule has 0 bridgehead atoms. The number of nitrogens with zero attached hydrogens (tertiary/aromatic N) is 8. The Labute approximate surface area is 164 Å². The summed E-state index contributed by atoms with van der Waals surface area (Å²) >= 11 is 0. The third-order valence-electron chi connectivity index (χ3n) is 5.44. The van der Waals surface area contributed by atoms with E-state index in [1.165, 1.54) is 0 Å². The van der Waals surface area contributed by atoms with E-state index in [1.807, 2.05) is 22.6 Å². The summed E-state index contributed by atoms with van der Waals surface area (Å²) < 4.78 is 5.96. The smallest absolute Gasteiger partial charge is 0.272 e. The molecule has 1 fully saturated rings. The largest absolute Gasteiger partial charge is 0.337 e. The van der Waals surface area contributed by atoms with Crippen LogP contribution in [0.3, 0.4) is 0 Å². The van der Waals surface area contributed by atoms with Gasteiger partial charge in [0.2, 0.25) is 0 Å². The van der Waals surface area contributed by atoms with Crippen LogP contribution in [-0.2, 0) is 19.6 Å². The Morgan fingerprint density at radius 1 is 1.14 bits per heavy atom. The van der Waals surface area contributed by atoms with Crippen molar-refractivity contribution in [1.82, 2.24) is 39.0 Å². The number of amides is 1. The number of rotatable bonds is 6. The molecule has 3 aromatic rings. The van der Waals surface area contributed by atoms with Crippen molar-refractivity contribution < 1.29 is 4.79 Å². The quantitative estimate of drug-likeness (QED) is 0.649. The first kappa shape index (κ1) is 18.4. The second-order valence-electron chi connectivity index (χ2n) is 7.05. The Balaban J connectivity index is 1.44. The molecule has 1 aliphatic heterocycles. The molecule has 1 aliphatic rings. The number of carbonyl (C=O) groups is 1. The first-order valence-corrected chi connectivity index (χ1v) is 9.90. The van der Waals surface area contributed by atoms with Crippen LogP contribution in [-0.4, -0.2) is 58.0 Å². The third kappa shape index (κ3) is 3.44. The Morgan fingerprint density at radius 2 is 1.96 bits per heavy atom.